The molecular formula is C12H17N3O4. The van der Waals surface area contributed by atoms with E-state index in [0.717, 1.165) is 0 Å². The topological polar surface area (TPSA) is 111 Å². The molecule has 0 radical (unpaired) electrons. The van der Waals surface area contributed by atoms with Crippen LogP contribution in [0, 0.1) is 0 Å². The summed E-state index contributed by atoms with van der Waals surface area (Å²) >= 11 is 0. The van der Waals surface area contributed by atoms with Gasteiger partial charge in [-0.2, -0.15) is 0 Å². The number of aliphatic hydroxyl groups is 2. The second-order valence-corrected chi connectivity index (χ2v) is 3.81. The maximum absolute atomic E-state index is 11.4. The first-order valence-corrected chi connectivity index (χ1v) is 5.77. The zero-order valence-corrected chi connectivity index (χ0v) is 10.3. The van der Waals surface area contributed by atoms with E-state index in [2.05, 4.69) is 16.0 Å². The fourth-order valence-corrected chi connectivity index (χ4v) is 1.22. The average Bonchev–Trinajstić information content (AvgIpc) is 2.43. The smallest absolute Gasteiger partial charge is 0.319 e. The third kappa shape index (κ3) is 6.39. The monoisotopic (exact) mass is 267 g/mol. The molecule has 0 aliphatic rings. The molecule has 0 bridgehead atoms. The van der Waals surface area contributed by atoms with E-state index in [1.54, 1.807) is 24.3 Å². The van der Waals surface area contributed by atoms with Crippen LogP contribution in [-0.4, -0.2) is 48.0 Å². The molecule has 7 heteroatoms. The molecule has 1 atom stereocenters. The normalized spacial score (nSPS) is 11.5. The minimum atomic E-state index is -0.998. The van der Waals surface area contributed by atoms with Crippen molar-refractivity contribution in [3.05, 3.63) is 30.3 Å². The van der Waals surface area contributed by atoms with Gasteiger partial charge in [0, 0.05) is 12.2 Å². The first-order chi connectivity index (χ1) is 9.11. The Morgan fingerprint density at radius 1 is 1.16 bits per heavy atom. The Morgan fingerprint density at radius 3 is 2.47 bits per heavy atom. The summed E-state index contributed by atoms with van der Waals surface area (Å²) in [5, 5.41) is 24.8. The highest BCUT2D eigenvalue weighted by Gasteiger charge is 2.07. The van der Waals surface area contributed by atoms with Crippen molar-refractivity contribution in [1.82, 2.24) is 10.6 Å². The van der Waals surface area contributed by atoms with E-state index in [-0.39, 0.29) is 13.1 Å². The lowest BCUT2D eigenvalue weighted by Crippen LogP contribution is -2.41. The van der Waals surface area contributed by atoms with Gasteiger partial charge in [0.1, 0.15) is 0 Å². The highest BCUT2D eigenvalue weighted by Crippen LogP contribution is 2.03. The minimum absolute atomic E-state index is 0.0582. The fourth-order valence-electron chi connectivity index (χ4n) is 1.22. The highest BCUT2D eigenvalue weighted by atomic mass is 16.3. The van der Waals surface area contributed by atoms with Crippen molar-refractivity contribution in [2.45, 2.75) is 6.10 Å². The Hall–Kier alpha value is -2.12. The number of carbonyl (C=O) groups excluding carboxylic acids is 2. The van der Waals surface area contributed by atoms with Gasteiger partial charge in [-0.25, -0.2) is 4.79 Å². The van der Waals surface area contributed by atoms with Crippen molar-refractivity contribution in [2.75, 3.05) is 25.0 Å². The summed E-state index contributed by atoms with van der Waals surface area (Å²) in [5.74, 6) is -0.448. The SMILES string of the molecule is O=C(CNC(=O)Nc1ccccc1)NCC(O)CO. The number of hydrogen-bond donors (Lipinski definition) is 5. The average molecular weight is 267 g/mol. The second-order valence-electron chi connectivity index (χ2n) is 3.81. The number of para-hydroxylation sites is 1. The third-order valence-electron chi connectivity index (χ3n) is 2.19. The van der Waals surface area contributed by atoms with Crippen molar-refractivity contribution in [2.24, 2.45) is 0 Å². The molecule has 0 aliphatic carbocycles. The molecule has 1 unspecified atom stereocenters. The maximum atomic E-state index is 11.4. The van der Waals surface area contributed by atoms with Crippen molar-refractivity contribution >= 4 is 17.6 Å². The molecule has 0 fully saturated rings. The van der Waals surface area contributed by atoms with E-state index in [1.807, 2.05) is 6.07 Å². The third-order valence-corrected chi connectivity index (χ3v) is 2.19. The van der Waals surface area contributed by atoms with E-state index in [0.29, 0.717) is 5.69 Å². The van der Waals surface area contributed by atoms with Crippen molar-refractivity contribution < 1.29 is 19.8 Å². The largest absolute Gasteiger partial charge is 0.394 e. The highest BCUT2D eigenvalue weighted by molar-refractivity contribution is 5.92. The molecule has 104 valence electrons. The van der Waals surface area contributed by atoms with Gasteiger partial charge in [-0.05, 0) is 12.1 Å². The fraction of sp³-hybridized carbons (Fsp3) is 0.333. The molecule has 1 aromatic carbocycles. The summed E-state index contributed by atoms with van der Waals surface area (Å²) in [4.78, 5) is 22.7. The molecule has 0 spiro atoms. The molecule has 1 rings (SSSR count). The quantitative estimate of drug-likeness (QED) is 0.468. The van der Waals surface area contributed by atoms with E-state index in [9.17, 15) is 9.59 Å². The second kappa shape index (κ2) is 8.06. The van der Waals surface area contributed by atoms with Gasteiger partial charge in [-0.1, -0.05) is 18.2 Å². The Bertz CT molecular complexity index is 411. The molecular weight excluding hydrogens is 250 g/mol. The van der Waals surface area contributed by atoms with Crippen LogP contribution in [0.2, 0.25) is 0 Å². The van der Waals surface area contributed by atoms with E-state index < -0.39 is 24.6 Å². The van der Waals surface area contributed by atoms with Gasteiger partial charge in [0.2, 0.25) is 5.91 Å². The summed E-state index contributed by atoms with van der Waals surface area (Å²) in [5.41, 5.74) is 0.621. The molecule has 0 aromatic heterocycles. The molecule has 0 saturated carbocycles. The van der Waals surface area contributed by atoms with Crippen molar-refractivity contribution in [3.8, 4) is 0 Å². The molecule has 3 amide bonds. The number of carbonyl (C=O) groups is 2. The number of hydrogen-bond acceptors (Lipinski definition) is 4. The standard InChI is InChI=1S/C12H17N3O4/c16-8-10(17)6-13-11(18)7-14-12(19)15-9-4-2-1-3-5-9/h1-5,10,16-17H,6-8H2,(H,13,18)(H2,14,15,19). The van der Waals surface area contributed by atoms with Gasteiger partial charge in [0.15, 0.2) is 0 Å². The number of aliphatic hydroxyl groups excluding tert-OH is 2. The number of rotatable bonds is 6. The van der Waals surface area contributed by atoms with Gasteiger partial charge < -0.3 is 26.2 Å². The Morgan fingerprint density at radius 2 is 1.84 bits per heavy atom. The number of amides is 3. The van der Waals surface area contributed by atoms with Gasteiger partial charge in [-0.3, -0.25) is 4.79 Å². The van der Waals surface area contributed by atoms with Gasteiger partial charge in [0.05, 0.1) is 19.3 Å². The lowest BCUT2D eigenvalue weighted by atomic mass is 10.3. The molecule has 0 saturated heterocycles. The van der Waals surface area contributed by atoms with Gasteiger partial charge in [0.25, 0.3) is 0 Å². The summed E-state index contributed by atoms with van der Waals surface area (Å²) in [6, 6.07) is 8.32. The first kappa shape index (κ1) is 14.9. The van der Waals surface area contributed by atoms with Crippen molar-refractivity contribution in [1.29, 1.82) is 0 Å². The molecule has 0 heterocycles. The van der Waals surface area contributed by atoms with E-state index >= 15 is 0 Å². The van der Waals surface area contributed by atoms with Crippen LogP contribution < -0.4 is 16.0 Å². The predicted molar refractivity (Wildman–Crippen MR) is 69.6 cm³/mol. The van der Waals surface area contributed by atoms with Gasteiger partial charge >= 0.3 is 6.03 Å². The van der Waals surface area contributed by atoms with Crippen LogP contribution in [0.15, 0.2) is 30.3 Å². The Kier molecular flexibility index (Phi) is 6.34. The Balaban J connectivity index is 2.21. The summed E-state index contributed by atoms with van der Waals surface area (Å²) in [6.45, 7) is -0.698. The number of nitrogens with one attached hydrogen (secondary N) is 3. The predicted octanol–water partition coefficient (Wildman–Crippen LogP) is -0.722. The van der Waals surface area contributed by atoms with Crippen LogP contribution >= 0.6 is 0 Å². The van der Waals surface area contributed by atoms with Crippen LogP contribution in [-0.2, 0) is 4.79 Å². The van der Waals surface area contributed by atoms with E-state index in [4.69, 9.17) is 10.2 Å². The summed E-state index contributed by atoms with van der Waals surface area (Å²) in [7, 11) is 0. The van der Waals surface area contributed by atoms with Crippen LogP contribution in [0.5, 0.6) is 0 Å². The molecule has 19 heavy (non-hydrogen) atoms. The number of benzene rings is 1. The summed E-state index contributed by atoms with van der Waals surface area (Å²) in [6.07, 6.45) is -0.998. The zero-order chi connectivity index (χ0) is 14.1. The van der Waals surface area contributed by atoms with Crippen LogP contribution in [0.1, 0.15) is 0 Å². The lowest BCUT2D eigenvalue weighted by molar-refractivity contribution is -0.120. The molecule has 5 N–H and O–H groups in total. The van der Waals surface area contributed by atoms with Crippen LogP contribution in [0.4, 0.5) is 10.5 Å². The maximum Gasteiger partial charge on any atom is 0.319 e. The number of anilines is 1. The molecule has 0 aliphatic heterocycles. The zero-order valence-electron chi connectivity index (χ0n) is 10.3. The summed E-state index contributed by atoms with van der Waals surface area (Å²) < 4.78 is 0. The lowest BCUT2D eigenvalue weighted by Gasteiger charge is -2.10. The van der Waals surface area contributed by atoms with Gasteiger partial charge in [-0.15, -0.1) is 0 Å². The first-order valence-electron chi connectivity index (χ1n) is 5.77. The van der Waals surface area contributed by atoms with E-state index in [1.165, 1.54) is 0 Å². The molecule has 1 aromatic rings. The molecule has 7 nitrogen and oxygen atoms in total. The van der Waals surface area contributed by atoms with Crippen LogP contribution in [0.3, 0.4) is 0 Å². The van der Waals surface area contributed by atoms with Crippen LogP contribution in [0.25, 0.3) is 0 Å². The number of urea groups is 1. The Labute approximate surface area is 110 Å². The minimum Gasteiger partial charge on any atom is -0.394 e. The van der Waals surface area contributed by atoms with Crippen molar-refractivity contribution in [3.63, 3.8) is 0 Å².